The molecule has 3 rings (SSSR count). The van der Waals surface area contributed by atoms with Crippen molar-refractivity contribution in [3.8, 4) is 11.1 Å². The Labute approximate surface area is 122 Å². The lowest BCUT2D eigenvalue weighted by Gasteiger charge is -2.10. The number of rotatable bonds is 2. The van der Waals surface area contributed by atoms with Crippen molar-refractivity contribution < 1.29 is 4.79 Å². The number of aldehydes is 1. The Kier molecular flexibility index (Phi) is 3.12. The lowest BCUT2D eigenvalue weighted by molar-refractivity contribution is -0.108. The van der Waals surface area contributed by atoms with Crippen LogP contribution in [0.5, 0.6) is 0 Å². The summed E-state index contributed by atoms with van der Waals surface area (Å²) in [5, 5.41) is 0. The van der Waals surface area contributed by atoms with Crippen LogP contribution in [0.3, 0.4) is 0 Å². The zero-order valence-electron chi connectivity index (χ0n) is 9.49. The summed E-state index contributed by atoms with van der Waals surface area (Å²) in [7, 11) is 0. The van der Waals surface area contributed by atoms with Gasteiger partial charge in [0.1, 0.15) is 6.29 Å². The molecule has 2 aromatic rings. The lowest BCUT2D eigenvalue weighted by atomic mass is 9.94. The first-order valence-electron chi connectivity index (χ1n) is 5.73. The first-order chi connectivity index (χ1) is 8.70. The molecule has 18 heavy (non-hydrogen) atoms. The van der Waals surface area contributed by atoms with E-state index in [4.69, 9.17) is 0 Å². The normalized spacial score (nSPS) is 13.2. The molecule has 0 aliphatic heterocycles. The van der Waals surface area contributed by atoms with Gasteiger partial charge in [-0.2, -0.15) is 0 Å². The highest BCUT2D eigenvalue weighted by Gasteiger charge is 2.28. The Morgan fingerprint density at radius 3 is 1.89 bits per heavy atom. The molecule has 0 fully saturated rings. The van der Waals surface area contributed by atoms with Crippen LogP contribution in [0.25, 0.3) is 11.1 Å². The number of fused-ring (bicyclic) bond motifs is 3. The van der Waals surface area contributed by atoms with Gasteiger partial charge >= 0.3 is 0 Å². The number of hydrogen-bond acceptors (Lipinski definition) is 1. The number of halogens is 2. The molecule has 0 bridgehead atoms. The van der Waals surface area contributed by atoms with E-state index in [-0.39, 0.29) is 5.92 Å². The lowest BCUT2D eigenvalue weighted by Crippen LogP contribution is -1.97. The van der Waals surface area contributed by atoms with Crippen molar-refractivity contribution in [3.05, 3.63) is 56.5 Å². The molecule has 2 aromatic carbocycles. The molecule has 1 aliphatic carbocycles. The molecule has 0 radical (unpaired) electrons. The molecular weight excluding hydrogens is 356 g/mol. The topological polar surface area (TPSA) is 17.1 Å². The molecule has 0 spiro atoms. The molecule has 90 valence electrons. The highest BCUT2D eigenvalue weighted by Crippen LogP contribution is 2.47. The van der Waals surface area contributed by atoms with Gasteiger partial charge in [0.05, 0.1) is 0 Å². The quantitative estimate of drug-likeness (QED) is 0.691. The van der Waals surface area contributed by atoms with Crippen LogP contribution in [0.1, 0.15) is 23.5 Å². The summed E-state index contributed by atoms with van der Waals surface area (Å²) in [6.07, 6.45) is 1.54. The average Bonchev–Trinajstić information content (AvgIpc) is 2.63. The molecular formula is C15H10Br2O. The van der Waals surface area contributed by atoms with E-state index in [1.54, 1.807) is 0 Å². The van der Waals surface area contributed by atoms with Gasteiger partial charge in [-0.3, -0.25) is 0 Å². The number of hydrogen-bond donors (Lipinski definition) is 0. The maximum Gasteiger partial charge on any atom is 0.120 e. The van der Waals surface area contributed by atoms with Gasteiger partial charge in [0.25, 0.3) is 0 Å². The Hall–Kier alpha value is -0.930. The molecule has 1 aliphatic rings. The minimum atomic E-state index is 0.183. The van der Waals surface area contributed by atoms with Crippen LogP contribution in [0.4, 0.5) is 0 Å². The SMILES string of the molecule is O=CCC1c2cc(Br)ccc2-c2ccc(Br)cc21. The van der Waals surface area contributed by atoms with Crippen LogP contribution in [0.15, 0.2) is 45.3 Å². The third-order valence-corrected chi connectivity index (χ3v) is 4.39. The molecule has 0 N–H and O–H groups in total. The minimum absolute atomic E-state index is 0.183. The maximum atomic E-state index is 10.9. The zero-order chi connectivity index (χ0) is 12.7. The van der Waals surface area contributed by atoms with Gasteiger partial charge in [0.2, 0.25) is 0 Å². The van der Waals surface area contributed by atoms with E-state index in [0.29, 0.717) is 6.42 Å². The van der Waals surface area contributed by atoms with Gasteiger partial charge in [0, 0.05) is 21.3 Å². The highest BCUT2D eigenvalue weighted by molar-refractivity contribution is 9.10. The number of carbonyl (C=O) groups excluding carboxylic acids is 1. The molecule has 1 nitrogen and oxygen atoms in total. The first kappa shape index (κ1) is 12.1. The fraction of sp³-hybridized carbons (Fsp3) is 0.133. The molecule has 0 saturated carbocycles. The van der Waals surface area contributed by atoms with Crippen LogP contribution < -0.4 is 0 Å². The Morgan fingerprint density at radius 1 is 0.944 bits per heavy atom. The van der Waals surface area contributed by atoms with Gasteiger partial charge in [-0.05, 0) is 46.5 Å². The summed E-state index contributed by atoms with van der Waals surface area (Å²) in [6.45, 7) is 0. The Bertz CT molecular complexity index is 583. The largest absolute Gasteiger partial charge is 0.303 e. The van der Waals surface area contributed by atoms with Gasteiger partial charge in [-0.15, -0.1) is 0 Å². The maximum absolute atomic E-state index is 10.9. The Balaban J connectivity index is 2.25. The average molecular weight is 366 g/mol. The highest BCUT2D eigenvalue weighted by atomic mass is 79.9. The van der Waals surface area contributed by atoms with E-state index in [2.05, 4.69) is 56.1 Å². The predicted molar refractivity (Wildman–Crippen MR) is 79.8 cm³/mol. The van der Waals surface area contributed by atoms with Crippen molar-refractivity contribution in [1.29, 1.82) is 0 Å². The summed E-state index contributed by atoms with van der Waals surface area (Å²) in [4.78, 5) is 10.9. The van der Waals surface area contributed by atoms with Crippen molar-refractivity contribution in [3.63, 3.8) is 0 Å². The van der Waals surface area contributed by atoms with E-state index in [9.17, 15) is 4.79 Å². The fourth-order valence-electron chi connectivity index (χ4n) is 2.65. The second-order valence-corrected chi connectivity index (χ2v) is 6.25. The summed E-state index contributed by atoms with van der Waals surface area (Å²) in [5.41, 5.74) is 4.97. The molecule has 0 aromatic heterocycles. The third kappa shape index (κ3) is 1.86. The summed E-state index contributed by atoms with van der Waals surface area (Å²) in [6, 6.07) is 12.6. The number of benzene rings is 2. The third-order valence-electron chi connectivity index (χ3n) is 3.40. The summed E-state index contributed by atoms with van der Waals surface area (Å²) in [5.74, 6) is 0.183. The summed E-state index contributed by atoms with van der Waals surface area (Å²) < 4.78 is 2.12. The van der Waals surface area contributed by atoms with Crippen molar-refractivity contribution in [2.75, 3.05) is 0 Å². The standard InChI is InChI=1S/C15H10Br2O/c16-9-1-3-11-12-4-2-10(17)8-15(12)13(5-6-18)14(11)7-9/h1-4,6-8,13H,5H2. The van der Waals surface area contributed by atoms with Crippen LogP contribution in [0, 0.1) is 0 Å². The molecule has 0 unspecified atom stereocenters. The molecule has 0 heterocycles. The van der Waals surface area contributed by atoms with E-state index in [1.165, 1.54) is 22.3 Å². The van der Waals surface area contributed by atoms with E-state index in [0.717, 1.165) is 15.2 Å². The van der Waals surface area contributed by atoms with Crippen molar-refractivity contribution in [2.45, 2.75) is 12.3 Å². The van der Waals surface area contributed by atoms with Crippen LogP contribution >= 0.6 is 31.9 Å². The van der Waals surface area contributed by atoms with Crippen molar-refractivity contribution in [1.82, 2.24) is 0 Å². The molecule has 0 saturated heterocycles. The predicted octanol–water partition coefficient (Wildman–Crippen LogP) is 4.91. The van der Waals surface area contributed by atoms with Crippen molar-refractivity contribution >= 4 is 38.1 Å². The monoisotopic (exact) mass is 364 g/mol. The van der Waals surface area contributed by atoms with Gasteiger partial charge in [-0.25, -0.2) is 0 Å². The second kappa shape index (κ2) is 4.63. The Morgan fingerprint density at radius 2 is 1.44 bits per heavy atom. The fourth-order valence-corrected chi connectivity index (χ4v) is 3.41. The molecule has 0 atom stereocenters. The van der Waals surface area contributed by atoms with Crippen molar-refractivity contribution in [2.24, 2.45) is 0 Å². The molecule has 0 amide bonds. The van der Waals surface area contributed by atoms with Gasteiger partial charge in [0.15, 0.2) is 0 Å². The first-order valence-corrected chi connectivity index (χ1v) is 7.32. The van der Waals surface area contributed by atoms with Gasteiger partial charge in [-0.1, -0.05) is 44.0 Å². The molecule has 3 heteroatoms. The number of carbonyl (C=O) groups is 1. The van der Waals surface area contributed by atoms with E-state index in [1.807, 2.05) is 12.1 Å². The van der Waals surface area contributed by atoms with Gasteiger partial charge < -0.3 is 4.79 Å². The smallest absolute Gasteiger partial charge is 0.120 e. The van der Waals surface area contributed by atoms with E-state index >= 15 is 0 Å². The summed E-state index contributed by atoms with van der Waals surface area (Å²) >= 11 is 7.01. The zero-order valence-corrected chi connectivity index (χ0v) is 12.7. The van der Waals surface area contributed by atoms with Crippen LogP contribution in [0.2, 0.25) is 0 Å². The van der Waals surface area contributed by atoms with E-state index < -0.39 is 0 Å². The minimum Gasteiger partial charge on any atom is -0.303 e. The second-order valence-electron chi connectivity index (χ2n) is 4.42. The van der Waals surface area contributed by atoms with Crippen LogP contribution in [-0.4, -0.2) is 6.29 Å². The van der Waals surface area contributed by atoms with Crippen LogP contribution in [-0.2, 0) is 4.79 Å².